The molecule has 7 nitrogen and oxygen atoms in total. The predicted octanol–water partition coefficient (Wildman–Crippen LogP) is 2.37. The van der Waals surface area contributed by atoms with Gasteiger partial charge in [-0.1, -0.05) is 11.2 Å². The Hall–Kier alpha value is -2.40. The molecule has 20 heavy (non-hydrogen) atoms. The highest BCUT2D eigenvalue weighted by Crippen LogP contribution is 2.40. The number of amides is 1. The van der Waals surface area contributed by atoms with Gasteiger partial charge in [-0.15, -0.1) is 0 Å². The van der Waals surface area contributed by atoms with Crippen molar-refractivity contribution in [2.24, 2.45) is 11.0 Å². The van der Waals surface area contributed by atoms with Crippen LogP contribution in [-0.2, 0) is 4.79 Å². The summed E-state index contributed by atoms with van der Waals surface area (Å²) in [5, 5.41) is 3.54. The second-order valence-electron chi connectivity index (χ2n) is 4.50. The Morgan fingerprint density at radius 1 is 1.40 bits per heavy atom. The van der Waals surface area contributed by atoms with E-state index in [0.29, 0.717) is 36.7 Å². The van der Waals surface area contributed by atoms with Crippen molar-refractivity contribution < 1.29 is 14.3 Å². The Kier molecular flexibility index (Phi) is 4.32. The van der Waals surface area contributed by atoms with Crippen molar-refractivity contribution in [1.29, 1.82) is 0 Å². The molecule has 1 saturated heterocycles. The molecule has 0 spiro atoms. The zero-order valence-electron chi connectivity index (χ0n) is 11.4. The van der Waals surface area contributed by atoms with Gasteiger partial charge >= 0.3 is 0 Å². The molecule has 0 saturated carbocycles. The molecule has 1 aromatic carbocycles. The summed E-state index contributed by atoms with van der Waals surface area (Å²) < 4.78 is 10.6. The minimum absolute atomic E-state index is 0.0213. The highest BCUT2D eigenvalue weighted by molar-refractivity contribution is 5.98. The molecule has 0 radical (unpaired) electrons. The first-order valence-electron chi connectivity index (χ1n) is 6.23. The molecule has 1 fully saturated rings. The molecule has 1 aliphatic heterocycles. The first-order chi connectivity index (χ1) is 9.71. The van der Waals surface area contributed by atoms with Crippen molar-refractivity contribution in [3.05, 3.63) is 28.6 Å². The zero-order valence-corrected chi connectivity index (χ0v) is 11.4. The molecule has 1 amide bonds. The first-order valence-corrected chi connectivity index (χ1v) is 6.23. The second kappa shape index (κ2) is 6.16. The van der Waals surface area contributed by atoms with Gasteiger partial charge in [0.15, 0.2) is 0 Å². The van der Waals surface area contributed by atoms with Crippen LogP contribution in [-0.4, -0.2) is 33.2 Å². The lowest BCUT2D eigenvalue weighted by Gasteiger charge is -2.22. The lowest BCUT2D eigenvalue weighted by molar-refractivity contribution is -0.117. The number of nitrogens with zero attached hydrogens (tertiary/aromatic N) is 4. The zero-order chi connectivity index (χ0) is 14.5. The summed E-state index contributed by atoms with van der Waals surface area (Å²) in [6, 6.07) is 5.37. The van der Waals surface area contributed by atoms with Gasteiger partial charge in [-0.05, 0) is 23.6 Å². The van der Waals surface area contributed by atoms with Crippen LogP contribution in [0, 0.1) is 5.92 Å². The van der Waals surface area contributed by atoms with E-state index in [2.05, 4.69) is 10.0 Å². The van der Waals surface area contributed by atoms with Gasteiger partial charge in [0.2, 0.25) is 5.91 Å². The fourth-order valence-electron chi connectivity index (χ4n) is 2.37. The number of ether oxygens (including phenoxy) is 2. The van der Waals surface area contributed by atoms with Crippen LogP contribution >= 0.6 is 0 Å². The highest BCUT2D eigenvalue weighted by atomic mass is 16.5. The van der Waals surface area contributed by atoms with E-state index < -0.39 is 0 Å². The first kappa shape index (κ1) is 14.0. The van der Waals surface area contributed by atoms with E-state index in [4.69, 9.17) is 15.0 Å². The van der Waals surface area contributed by atoms with Gasteiger partial charge in [0.25, 0.3) is 0 Å². The van der Waals surface area contributed by atoms with E-state index in [-0.39, 0.29) is 11.8 Å². The average Bonchev–Trinajstić information content (AvgIpc) is 2.84. The largest absolute Gasteiger partial charge is 0.494 e. The van der Waals surface area contributed by atoms with E-state index in [1.807, 2.05) is 0 Å². The Bertz CT molecular complexity index is 532. The Labute approximate surface area is 116 Å². The average molecular weight is 276 g/mol. The van der Waals surface area contributed by atoms with E-state index in [1.165, 1.54) is 0 Å². The number of benzene rings is 1. The van der Waals surface area contributed by atoms with E-state index in [0.717, 1.165) is 0 Å². The standard InChI is InChI=1S/C13H16N4O3/c1-19-10-4-3-5-11(20-2)13(10)17-8-9(6-12(17)18)7-15-16-14/h3-5,9H,6-8H2,1-2H3. The summed E-state index contributed by atoms with van der Waals surface area (Å²) in [5.41, 5.74) is 8.99. The quantitative estimate of drug-likeness (QED) is 0.470. The van der Waals surface area contributed by atoms with Crippen LogP contribution < -0.4 is 14.4 Å². The Morgan fingerprint density at radius 2 is 2.05 bits per heavy atom. The van der Waals surface area contributed by atoms with Gasteiger partial charge < -0.3 is 14.4 Å². The van der Waals surface area contributed by atoms with Crippen molar-refractivity contribution >= 4 is 11.6 Å². The van der Waals surface area contributed by atoms with E-state index >= 15 is 0 Å². The number of azide groups is 1. The minimum Gasteiger partial charge on any atom is -0.494 e. The molecular formula is C13H16N4O3. The molecule has 1 aliphatic rings. The van der Waals surface area contributed by atoms with Crippen LogP contribution in [0.25, 0.3) is 10.4 Å². The number of hydrogen-bond donors (Lipinski definition) is 0. The van der Waals surface area contributed by atoms with Gasteiger partial charge in [-0.2, -0.15) is 0 Å². The summed E-state index contributed by atoms with van der Waals surface area (Å²) in [5.74, 6) is 1.17. The normalized spacial score (nSPS) is 17.8. The Morgan fingerprint density at radius 3 is 2.60 bits per heavy atom. The number of para-hydroxylation sites is 1. The van der Waals surface area contributed by atoms with Crippen molar-refractivity contribution in [2.75, 3.05) is 32.2 Å². The molecule has 1 unspecified atom stereocenters. The van der Waals surface area contributed by atoms with Gasteiger partial charge in [-0.3, -0.25) is 4.79 Å². The molecule has 0 aromatic heterocycles. The molecule has 2 rings (SSSR count). The third-order valence-corrected chi connectivity index (χ3v) is 3.28. The van der Waals surface area contributed by atoms with Crippen LogP contribution in [0.3, 0.4) is 0 Å². The van der Waals surface area contributed by atoms with Crippen LogP contribution in [0.1, 0.15) is 6.42 Å². The number of carbonyl (C=O) groups excluding carboxylic acids is 1. The smallest absolute Gasteiger partial charge is 0.227 e. The summed E-state index contributed by atoms with van der Waals surface area (Å²) in [6.45, 7) is 0.810. The third kappa shape index (κ3) is 2.62. The molecule has 1 aromatic rings. The Balaban J connectivity index is 2.31. The summed E-state index contributed by atoms with van der Waals surface area (Å²) >= 11 is 0. The summed E-state index contributed by atoms with van der Waals surface area (Å²) in [7, 11) is 3.10. The van der Waals surface area contributed by atoms with Crippen LogP contribution in [0.15, 0.2) is 23.3 Å². The molecule has 0 aliphatic carbocycles. The maximum atomic E-state index is 12.2. The molecule has 106 valence electrons. The molecule has 1 heterocycles. The monoisotopic (exact) mass is 276 g/mol. The number of methoxy groups -OCH3 is 2. The van der Waals surface area contributed by atoms with Gasteiger partial charge in [0.1, 0.15) is 17.2 Å². The van der Waals surface area contributed by atoms with Crippen molar-refractivity contribution in [2.45, 2.75) is 6.42 Å². The summed E-state index contributed by atoms with van der Waals surface area (Å²) in [4.78, 5) is 16.5. The lowest BCUT2D eigenvalue weighted by Crippen LogP contribution is -2.25. The SMILES string of the molecule is COc1cccc(OC)c1N1CC(CN=[N+]=[N-])CC1=O. The predicted molar refractivity (Wildman–Crippen MR) is 74.0 cm³/mol. The highest BCUT2D eigenvalue weighted by Gasteiger charge is 2.33. The minimum atomic E-state index is -0.0223. The van der Waals surface area contributed by atoms with Crippen LogP contribution in [0.2, 0.25) is 0 Å². The topological polar surface area (TPSA) is 87.5 Å². The van der Waals surface area contributed by atoms with Gasteiger partial charge in [0, 0.05) is 24.4 Å². The van der Waals surface area contributed by atoms with Crippen LogP contribution in [0.5, 0.6) is 11.5 Å². The molecular weight excluding hydrogens is 260 g/mol. The molecule has 1 atom stereocenters. The van der Waals surface area contributed by atoms with Gasteiger partial charge in [-0.25, -0.2) is 0 Å². The summed E-state index contributed by atoms with van der Waals surface area (Å²) in [6.07, 6.45) is 0.361. The van der Waals surface area contributed by atoms with E-state index in [9.17, 15) is 4.79 Å². The molecule has 0 bridgehead atoms. The van der Waals surface area contributed by atoms with Crippen LogP contribution in [0.4, 0.5) is 5.69 Å². The van der Waals surface area contributed by atoms with E-state index in [1.54, 1.807) is 37.3 Å². The second-order valence-corrected chi connectivity index (χ2v) is 4.50. The maximum Gasteiger partial charge on any atom is 0.227 e. The number of carbonyl (C=O) groups is 1. The lowest BCUT2D eigenvalue weighted by atomic mass is 10.1. The molecule has 7 heteroatoms. The number of hydrogen-bond acceptors (Lipinski definition) is 4. The van der Waals surface area contributed by atoms with Crippen molar-refractivity contribution in [1.82, 2.24) is 0 Å². The number of anilines is 1. The van der Waals surface area contributed by atoms with Gasteiger partial charge in [0.05, 0.1) is 14.2 Å². The number of rotatable bonds is 5. The van der Waals surface area contributed by atoms with Crippen molar-refractivity contribution in [3.8, 4) is 11.5 Å². The molecule has 0 N–H and O–H groups in total. The van der Waals surface area contributed by atoms with Crippen molar-refractivity contribution in [3.63, 3.8) is 0 Å². The maximum absolute atomic E-state index is 12.2. The fraction of sp³-hybridized carbons (Fsp3) is 0.462. The fourth-order valence-corrected chi connectivity index (χ4v) is 2.37. The third-order valence-electron chi connectivity index (χ3n) is 3.28.